The van der Waals surface area contributed by atoms with Gasteiger partial charge in [-0.25, -0.2) is 4.79 Å². The highest BCUT2D eigenvalue weighted by atomic mass is 32.1. The summed E-state index contributed by atoms with van der Waals surface area (Å²) in [7, 11) is 0. The van der Waals surface area contributed by atoms with Gasteiger partial charge in [0.25, 0.3) is 0 Å². The van der Waals surface area contributed by atoms with Crippen LogP contribution in [0, 0.1) is 0 Å². The van der Waals surface area contributed by atoms with Crippen molar-refractivity contribution in [3.63, 3.8) is 0 Å². The van der Waals surface area contributed by atoms with Crippen LogP contribution in [0.25, 0.3) is 10.1 Å². The molecule has 2 aromatic rings. The van der Waals surface area contributed by atoms with Crippen molar-refractivity contribution in [2.24, 2.45) is 0 Å². The Morgan fingerprint density at radius 2 is 2.27 bits per heavy atom. The highest BCUT2D eigenvalue weighted by Crippen LogP contribution is 2.21. The van der Waals surface area contributed by atoms with Crippen LogP contribution in [0.2, 0.25) is 0 Å². The number of hydrogen-bond donors (Lipinski definition) is 2. The van der Waals surface area contributed by atoms with Gasteiger partial charge in [0.05, 0.1) is 0 Å². The number of nitrogens with one attached hydrogen (secondary N) is 1. The molecule has 0 radical (unpaired) electrons. The highest BCUT2D eigenvalue weighted by Gasteiger charge is 1.98. The quantitative estimate of drug-likeness (QED) is 0.837. The summed E-state index contributed by atoms with van der Waals surface area (Å²) in [6.07, 6.45) is -0.232. The van der Waals surface area contributed by atoms with E-state index in [0.29, 0.717) is 6.54 Å². The van der Waals surface area contributed by atoms with Crippen molar-refractivity contribution >= 4 is 27.5 Å². The molecule has 4 heteroatoms. The molecule has 0 saturated heterocycles. The molecule has 2 N–H and O–H groups in total. The van der Waals surface area contributed by atoms with Crippen LogP contribution in [-0.2, 0) is 6.42 Å². The number of benzene rings is 1. The molecule has 0 saturated carbocycles. The van der Waals surface area contributed by atoms with Gasteiger partial charge in [0, 0.05) is 11.2 Å². The number of hydrogen-bond acceptors (Lipinski definition) is 2. The van der Waals surface area contributed by atoms with Crippen molar-refractivity contribution in [3.05, 3.63) is 35.2 Å². The molecular formula is C11H11NO2S. The predicted octanol–water partition coefficient (Wildman–Crippen LogP) is 2.71. The van der Waals surface area contributed by atoms with Gasteiger partial charge in [0.2, 0.25) is 0 Å². The summed E-state index contributed by atoms with van der Waals surface area (Å²) in [6.45, 7) is 0.463. The van der Waals surface area contributed by atoms with Crippen LogP contribution in [0.4, 0.5) is 4.79 Å². The van der Waals surface area contributed by atoms with E-state index in [0.717, 1.165) is 12.0 Å². The van der Waals surface area contributed by atoms with E-state index >= 15 is 0 Å². The van der Waals surface area contributed by atoms with Crippen LogP contribution in [0.15, 0.2) is 29.6 Å². The van der Waals surface area contributed by atoms with Gasteiger partial charge in [-0.2, -0.15) is 0 Å². The monoisotopic (exact) mass is 221 g/mol. The second-order valence-electron chi connectivity index (χ2n) is 3.27. The lowest BCUT2D eigenvalue weighted by molar-refractivity contribution is 0.194. The van der Waals surface area contributed by atoms with Crippen LogP contribution in [0.1, 0.15) is 5.56 Å². The first-order valence-corrected chi connectivity index (χ1v) is 5.56. The topological polar surface area (TPSA) is 49.3 Å². The molecule has 1 amide bonds. The number of rotatable bonds is 3. The maximum absolute atomic E-state index is 10.3. The van der Waals surface area contributed by atoms with Crippen molar-refractivity contribution in [3.8, 4) is 0 Å². The molecule has 0 fully saturated rings. The Kier molecular flexibility index (Phi) is 2.87. The molecule has 1 heterocycles. The maximum Gasteiger partial charge on any atom is 0.404 e. The third-order valence-corrected chi connectivity index (χ3v) is 3.10. The van der Waals surface area contributed by atoms with Gasteiger partial charge in [0.15, 0.2) is 0 Å². The van der Waals surface area contributed by atoms with Crippen molar-refractivity contribution in [2.75, 3.05) is 6.54 Å². The molecule has 0 bridgehead atoms. The first kappa shape index (κ1) is 9.98. The van der Waals surface area contributed by atoms with Gasteiger partial charge in [-0.3, -0.25) is 0 Å². The Labute approximate surface area is 91.4 Å². The van der Waals surface area contributed by atoms with Crippen LogP contribution < -0.4 is 5.32 Å². The molecule has 3 nitrogen and oxygen atoms in total. The van der Waals surface area contributed by atoms with E-state index in [1.165, 1.54) is 10.1 Å². The van der Waals surface area contributed by atoms with E-state index in [-0.39, 0.29) is 0 Å². The smallest absolute Gasteiger partial charge is 0.404 e. The minimum Gasteiger partial charge on any atom is -0.465 e. The van der Waals surface area contributed by atoms with Crippen molar-refractivity contribution < 1.29 is 9.90 Å². The van der Waals surface area contributed by atoms with Crippen molar-refractivity contribution in [2.45, 2.75) is 6.42 Å². The summed E-state index contributed by atoms with van der Waals surface area (Å²) in [6, 6.07) is 8.31. The third-order valence-electron chi connectivity index (χ3n) is 2.21. The lowest BCUT2D eigenvalue weighted by Gasteiger charge is -2.01. The summed E-state index contributed by atoms with van der Waals surface area (Å²) in [5, 5.41) is 14.1. The van der Waals surface area contributed by atoms with Crippen LogP contribution in [0.5, 0.6) is 0 Å². The SMILES string of the molecule is O=C(O)NCCc1ccc2sccc2c1. The average molecular weight is 221 g/mol. The molecule has 78 valence electrons. The van der Waals surface area contributed by atoms with E-state index in [2.05, 4.69) is 28.9 Å². The number of thiophene rings is 1. The summed E-state index contributed by atoms with van der Waals surface area (Å²) in [5.41, 5.74) is 1.16. The van der Waals surface area contributed by atoms with E-state index in [1.807, 2.05) is 6.07 Å². The molecule has 0 aliphatic heterocycles. The Morgan fingerprint density at radius 3 is 3.07 bits per heavy atom. The normalized spacial score (nSPS) is 10.4. The fourth-order valence-corrected chi connectivity index (χ4v) is 2.26. The first-order valence-electron chi connectivity index (χ1n) is 4.68. The molecule has 1 aromatic heterocycles. The lowest BCUT2D eigenvalue weighted by Crippen LogP contribution is -2.23. The highest BCUT2D eigenvalue weighted by molar-refractivity contribution is 7.17. The van der Waals surface area contributed by atoms with Crippen LogP contribution in [-0.4, -0.2) is 17.7 Å². The van der Waals surface area contributed by atoms with Gasteiger partial charge in [-0.15, -0.1) is 11.3 Å². The number of carboxylic acid groups (broad SMARTS) is 1. The minimum absolute atomic E-state index is 0.463. The van der Waals surface area contributed by atoms with Gasteiger partial charge < -0.3 is 10.4 Å². The zero-order chi connectivity index (χ0) is 10.7. The Bertz CT molecular complexity index is 478. The average Bonchev–Trinajstić information content (AvgIpc) is 2.64. The summed E-state index contributed by atoms with van der Waals surface area (Å²) in [5.74, 6) is 0. The molecule has 0 atom stereocenters. The largest absolute Gasteiger partial charge is 0.465 e. The zero-order valence-electron chi connectivity index (χ0n) is 8.06. The first-order chi connectivity index (χ1) is 7.25. The van der Waals surface area contributed by atoms with E-state index in [4.69, 9.17) is 5.11 Å². The Balaban J connectivity index is 2.04. The summed E-state index contributed by atoms with van der Waals surface area (Å²) in [4.78, 5) is 10.3. The fourth-order valence-electron chi connectivity index (χ4n) is 1.49. The summed E-state index contributed by atoms with van der Waals surface area (Å²) < 4.78 is 1.27. The van der Waals surface area contributed by atoms with Gasteiger partial charge in [-0.1, -0.05) is 12.1 Å². The third kappa shape index (κ3) is 2.47. The van der Waals surface area contributed by atoms with Gasteiger partial charge in [-0.05, 0) is 34.9 Å². The standard InChI is InChI=1S/C11H11NO2S/c13-11(14)12-5-3-8-1-2-10-9(7-8)4-6-15-10/h1-2,4,6-7,12H,3,5H2,(H,13,14). The fraction of sp³-hybridized carbons (Fsp3) is 0.182. The zero-order valence-corrected chi connectivity index (χ0v) is 8.88. The van der Waals surface area contributed by atoms with Crippen molar-refractivity contribution in [1.82, 2.24) is 5.32 Å². The molecule has 0 spiro atoms. The predicted molar refractivity (Wildman–Crippen MR) is 61.6 cm³/mol. The molecule has 0 aliphatic carbocycles. The van der Waals surface area contributed by atoms with Crippen molar-refractivity contribution in [1.29, 1.82) is 0 Å². The summed E-state index contributed by atoms with van der Waals surface area (Å²) >= 11 is 1.72. The maximum atomic E-state index is 10.3. The molecule has 2 rings (SSSR count). The Morgan fingerprint density at radius 1 is 1.40 bits per heavy atom. The van der Waals surface area contributed by atoms with E-state index < -0.39 is 6.09 Å². The second-order valence-corrected chi connectivity index (χ2v) is 4.22. The Hall–Kier alpha value is -1.55. The molecule has 1 aromatic carbocycles. The minimum atomic E-state index is -0.966. The number of fused-ring (bicyclic) bond motifs is 1. The molecular weight excluding hydrogens is 210 g/mol. The molecule has 0 unspecified atom stereocenters. The lowest BCUT2D eigenvalue weighted by atomic mass is 10.1. The van der Waals surface area contributed by atoms with Gasteiger partial charge in [0.1, 0.15) is 0 Å². The molecule has 0 aliphatic rings. The van der Waals surface area contributed by atoms with E-state index in [1.54, 1.807) is 11.3 Å². The number of amides is 1. The van der Waals surface area contributed by atoms with Gasteiger partial charge >= 0.3 is 6.09 Å². The molecule has 15 heavy (non-hydrogen) atoms. The van der Waals surface area contributed by atoms with Crippen LogP contribution >= 0.6 is 11.3 Å². The van der Waals surface area contributed by atoms with E-state index in [9.17, 15) is 4.79 Å². The van der Waals surface area contributed by atoms with Crippen LogP contribution in [0.3, 0.4) is 0 Å². The number of carbonyl (C=O) groups is 1. The second kappa shape index (κ2) is 4.31.